The Labute approximate surface area is 145 Å². The lowest BCUT2D eigenvalue weighted by Gasteiger charge is -2.25. The normalized spacial score (nSPS) is 19.7. The maximum absolute atomic E-state index is 13.2. The first-order valence-electron chi connectivity index (χ1n) is 8.06. The van der Waals surface area contributed by atoms with Gasteiger partial charge in [0.2, 0.25) is 0 Å². The molecular formula is C19H19FN2O3. The lowest BCUT2D eigenvalue weighted by molar-refractivity contribution is 0.0716. The van der Waals surface area contributed by atoms with Crippen LogP contribution in [0.4, 0.5) is 4.39 Å². The van der Waals surface area contributed by atoms with E-state index in [0.717, 1.165) is 5.56 Å². The fourth-order valence-corrected chi connectivity index (χ4v) is 3.14. The predicted octanol–water partition coefficient (Wildman–Crippen LogP) is 2.13. The van der Waals surface area contributed by atoms with Crippen LogP contribution in [-0.2, 0) is 0 Å². The van der Waals surface area contributed by atoms with Crippen LogP contribution in [0.3, 0.4) is 0 Å². The van der Waals surface area contributed by atoms with Gasteiger partial charge >= 0.3 is 0 Å². The summed E-state index contributed by atoms with van der Waals surface area (Å²) in [6, 6.07) is 12.1. The third-order valence-electron chi connectivity index (χ3n) is 4.39. The summed E-state index contributed by atoms with van der Waals surface area (Å²) in [6.07, 6.45) is -0.242. The van der Waals surface area contributed by atoms with Gasteiger partial charge in [0.05, 0.1) is 12.1 Å². The van der Waals surface area contributed by atoms with Crippen LogP contribution < -0.4 is 5.32 Å². The predicted molar refractivity (Wildman–Crippen MR) is 90.6 cm³/mol. The topological polar surface area (TPSA) is 69.6 Å². The summed E-state index contributed by atoms with van der Waals surface area (Å²) in [6.45, 7) is 0.199. The number of β-amino-alcohol motifs (C(OH)–C–C–N with tert-alkyl or cyclic N) is 1. The van der Waals surface area contributed by atoms with Crippen molar-refractivity contribution >= 4 is 11.8 Å². The molecule has 5 nitrogen and oxygen atoms in total. The number of amides is 2. The van der Waals surface area contributed by atoms with Gasteiger partial charge in [-0.2, -0.15) is 0 Å². The largest absolute Gasteiger partial charge is 0.391 e. The average molecular weight is 342 g/mol. The fraction of sp³-hybridized carbons (Fsp3) is 0.263. The maximum atomic E-state index is 13.2. The number of nitrogens with one attached hydrogen (secondary N) is 1. The van der Waals surface area contributed by atoms with Crippen LogP contribution in [-0.4, -0.2) is 41.5 Å². The van der Waals surface area contributed by atoms with Gasteiger partial charge in [-0.1, -0.05) is 18.2 Å². The van der Waals surface area contributed by atoms with E-state index in [1.165, 1.54) is 25.2 Å². The van der Waals surface area contributed by atoms with Crippen LogP contribution in [0.2, 0.25) is 0 Å². The molecule has 2 aromatic carbocycles. The Hall–Kier alpha value is -2.73. The third-order valence-corrected chi connectivity index (χ3v) is 4.39. The van der Waals surface area contributed by atoms with E-state index < -0.39 is 6.10 Å². The highest BCUT2D eigenvalue weighted by Gasteiger charge is 2.35. The van der Waals surface area contributed by atoms with Gasteiger partial charge in [-0.05, 0) is 42.3 Å². The number of benzene rings is 2. The summed E-state index contributed by atoms with van der Waals surface area (Å²) >= 11 is 0. The zero-order valence-electron chi connectivity index (χ0n) is 13.8. The summed E-state index contributed by atoms with van der Waals surface area (Å²) in [5.41, 5.74) is 1.54. The molecule has 2 amide bonds. The number of rotatable bonds is 3. The number of hydrogen-bond acceptors (Lipinski definition) is 3. The molecule has 25 heavy (non-hydrogen) atoms. The molecule has 130 valence electrons. The standard InChI is InChI=1S/C19H19FN2O3/c1-21-18(24)13-3-2-4-14(9-13)19(25)22-11-16(23)10-17(22)12-5-7-15(20)8-6-12/h2-9,16-17,23H,10-11H2,1H3,(H,21,24)/t16-,17-/m0/s1. The molecule has 0 unspecified atom stereocenters. The highest BCUT2D eigenvalue weighted by Crippen LogP contribution is 2.33. The van der Waals surface area contributed by atoms with Crippen molar-refractivity contribution in [3.63, 3.8) is 0 Å². The van der Waals surface area contributed by atoms with E-state index in [4.69, 9.17) is 0 Å². The summed E-state index contributed by atoms with van der Waals surface area (Å²) in [7, 11) is 1.53. The highest BCUT2D eigenvalue weighted by molar-refractivity contribution is 5.99. The summed E-state index contributed by atoms with van der Waals surface area (Å²) < 4.78 is 13.2. The van der Waals surface area contributed by atoms with Crippen molar-refractivity contribution in [1.82, 2.24) is 10.2 Å². The SMILES string of the molecule is CNC(=O)c1cccc(C(=O)N2C[C@@H](O)C[C@H]2c2ccc(F)cc2)c1. The number of carbonyl (C=O) groups is 2. The van der Waals surface area contributed by atoms with Gasteiger partial charge in [0.1, 0.15) is 5.82 Å². The smallest absolute Gasteiger partial charge is 0.254 e. The molecule has 0 bridgehead atoms. The van der Waals surface area contributed by atoms with Crippen molar-refractivity contribution in [2.24, 2.45) is 0 Å². The quantitative estimate of drug-likeness (QED) is 0.898. The van der Waals surface area contributed by atoms with Gasteiger partial charge in [-0.25, -0.2) is 4.39 Å². The van der Waals surface area contributed by atoms with Crippen molar-refractivity contribution in [3.8, 4) is 0 Å². The fourth-order valence-electron chi connectivity index (χ4n) is 3.14. The molecule has 1 aliphatic rings. The molecule has 0 aromatic heterocycles. The van der Waals surface area contributed by atoms with Crippen LogP contribution in [0, 0.1) is 5.82 Å². The number of aliphatic hydroxyl groups excluding tert-OH is 1. The molecule has 6 heteroatoms. The van der Waals surface area contributed by atoms with Crippen molar-refractivity contribution in [1.29, 1.82) is 0 Å². The van der Waals surface area contributed by atoms with Crippen molar-refractivity contribution in [3.05, 3.63) is 71.0 Å². The van der Waals surface area contributed by atoms with Crippen LogP contribution >= 0.6 is 0 Å². The monoisotopic (exact) mass is 342 g/mol. The van der Waals surface area contributed by atoms with E-state index in [1.807, 2.05) is 0 Å². The molecule has 0 spiro atoms. The van der Waals surface area contributed by atoms with E-state index >= 15 is 0 Å². The Balaban J connectivity index is 1.89. The Morgan fingerprint density at radius 3 is 2.52 bits per heavy atom. The zero-order valence-corrected chi connectivity index (χ0v) is 13.8. The van der Waals surface area contributed by atoms with E-state index in [2.05, 4.69) is 5.32 Å². The Bertz CT molecular complexity index is 792. The molecule has 0 aliphatic carbocycles. The molecule has 1 heterocycles. The van der Waals surface area contributed by atoms with Gasteiger partial charge in [0.15, 0.2) is 0 Å². The first-order chi connectivity index (χ1) is 12.0. The van der Waals surface area contributed by atoms with Gasteiger partial charge in [-0.15, -0.1) is 0 Å². The molecule has 2 atom stereocenters. The second-order valence-corrected chi connectivity index (χ2v) is 6.07. The van der Waals surface area contributed by atoms with Gasteiger partial charge in [0.25, 0.3) is 11.8 Å². The number of nitrogens with zero attached hydrogens (tertiary/aromatic N) is 1. The molecule has 2 N–H and O–H groups in total. The van der Waals surface area contributed by atoms with Crippen molar-refractivity contribution < 1.29 is 19.1 Å². The molecular weight excluding hydrogens is 323 g/mol. The molecule has 1 fully saturated rings. The van der Waals surface area contributed by atoms with Crippen LogP contribution in [0.25, 0.3) is 0 Å². The second kappa shape index (κ2) is 7.03. The highest BCUT2D eigenvalue weighted by atomic mass is 19.1. The zero-order chi connectivity index (χ0) is 18.0. The molecule has 2 aromatic rings. The lowest BCUT2D eigenvalue weighted by atomic mass is 10.0. The first-order valence-corrected chi connectivity index (χ1v) is 8.06. The number of halogens is 1. The summed E-state index contributed by atoms with van der Waals surface area (Å²) in [5, 5.41) is 12.6. The summed E-state index contributed by atoms with van der Waals surface area (Å²) in [4.78, 5) is 26.3. The van der Waals surface area contributed by atoms with Crippen LogP contribution in [0.1, 0.15) is 38.7 Å². The van der Waals surface area contributed by atoms with Crippen LogP contribution in [0.5, 0.6) is 0 Å². The minimum Gasteiger partial charge on any atom is -0.391 e. The third kappa shape index (κ3) is 3.53. The van der Waals surface area contributed by atoms with Gasteiger partial charge < -0.3 is 15.3 Å². The molecule has 0 saturated carbocycles. The Morgan fingerprint density at radius 2 is 1.84 bits per heavy atom. The Kier molecular flexibility index (Phi) is 4.81. The van der Waals surface area contributed by atoms with E-state index in [1.54, 1.807) is 35.2 Å². The van der Waals surface area contributed by atoms with Crippen molar-refractivity contribution in [2.45, 2.75) is 18.6 Å². The minimum atomic E-state index is -0.638. The molecule has 0 radical (unpaired) electrons. The summed E-state index contributed by atoms with van der Waals surface area (Å²) in [5.74, 6) is -0.888. The maximum Gasteiger partial charge on any atom is 0.254 e. The number of carbonyl (C=O) groups excluding carboxylic acids is 2. The number of hydrogen-bond donors (Lipinski definition) is 2. The molecule has 3 rings (SSSR count). The van der Waals surface area contributed by atoms with E-state index in [0.29, 0.717) is 17.5 Å². The van der Waals surface area contributed by atoms with Crippen LogP contribution in [0.15, 0.2) is 48.5 Å². The minimum absolute atomic E-state index is 0.199. The second-order valence-electron chi connectivity index (χ2n) is 6.07. The van der Waals surface area contributed by atoms with Gasteiger partial charge in [0, 0.05) is 24.7 Å². The van der Waals surface area contributed by atoms with E-state index in [-0.39, 0.29) is 30.2 Å². The first kappa shape index (κ1) is 17.1. The lowest BCUT2D eigenvalue weighted by Crippen LogP contribution is -2.32. The number of aliphatic hydroxyl groups is 1. The van der Waals surface area contributed by atoms with Crippen molar-refractivity contribution in [2.75, 3.05) is 13.6 Å². The number of likely N-dealkylation sites (tertiary alicyclic amines) is 1. The van der Waals surface area contributed by atoms with E-state index in [9.17, 15) is 19.1 Å². The van der Waals surface area contributed by atoms with Gasteiger partial charge in [-0.3, -0.25) is 9.59 Å². The molecule has 1 aliphatic heterocycles. The molecule has 1 saturated heterocycles. The Morgan fingerprint density at radius 1 is 1.16 bits per heavy atom. The average Bonchev–Trinajstić information content (AvgIpc) is 3.02.